The zero-order valence-electron chi connectivity index (χ0n) is 16.3. The Bertz CT molecular complexity index is 1200. The van der Waals surface area contributed by atoms with Gasteiger partial charge in [-0.15, -0.1) is 5.10 Å². The summed E-state index contributed by atoms with van der Waals surface area (Å²) < 4.78 is 16.5. The van der Waals surface area contributed by atoms with Gasteiger partial charge in [0.2, 0.25) is 11.9 Å². The van der Waals surface area contributed by atoms with Gasteiger partial charge in [0.05, 0.1) is 0 Å². The summed E-state index contributed by atoms with van der Waals surface area (Å²) in [5.74, 6) is -1.22. The fraction of sp³-hybridized carbons (Fsp3) is 0.0952. The van der Waals surface area contributed by atoms with Crippen LogP contribution in [0.5, 0.6) is 0 Å². The number of benzene rings is 2. The molecular formula is C21H18FN7O2. The summed E-state index contributed by atoms with van der Waals surface area (Å²) in [5.41, 5.74) is 1.28. The molecule has 4 aromatic rings. The number of nitrogens with one attached hydrogen (secondary N) is 2. The standard InChI is InChI=1S/C21H18FN7O2/c22-16-8-4-5-9-18(16)29-11-10-17(26-29)20(31)25-21-24-14-28(27-21)13-19(30)23-12-15-6-2-1-3-7-15/h1-11,14H,12-13H2,(H,23,30)(H,25,27,31). The SMILES string of the molecule is O=C(Cn1cnc(NC(=O)c2ccn(-c3ccccc3F)n2)n1)NCc1ccccc1. The van der Waals surface area contributed by atoms with Crippen LogP contribution < -0.4 is 10.6 Å². The zero-order valence-corrected chi connectivity index (χ0v) is 16.3. The van der Waals surface area contributed by atoms with E-state index in [1.165, 1.54) is 34.0 Å². The Morgan fingerprint density at radius 3 is 2.55 bits per heavy atom. The first kappa shape index (κ1) is 20.0. The first-order valence-corrected chi connectivity index (χ1v) is 9.40. The molecule has 0 radical (unpaired) electrons. The minimum atomic E-state index is -0.554. The molecule has 0 saturated carbocycles. The van der Waals surface area contributed by atoms with Crippen LogP contribution in [0.4, 0.5) is 10.3 Å². The first-order chi connectivity index (χ1) is 15.1. The second-order valence-electron chi connectivity index (χ2n) is 6.58. The normalized spacial score (nSPS) is 10.6. The molecule has 0 atom stereocenters. The van der Waals surface area contributed by atoms with Crippen LogP contribution in [0.2, 0.25) is 0 Å². The highest BCUT2D eigenvalue weighted by Crippen LogP contribution is 2.12. The van der Waals surface area contributed by atoms with Crippen LogP contribution >= 0.6 is 0 Å². The number of halogens is 1. The third-order valence-corrected chi connectivity index (χ3v) is 4.32. The molecule has 0 bridgehead atoms. The van der Waals surface area contributed by atoms with Gasteiger partial charge < -0.3 is 5.32 Å². The molecule has 0 saturated heterocycles. The highest BCUT2D eigenvalue weighted by Gasteiger charge is 2.14. The summed E-state index contributed by atoms with van der Waals surface area (Å²) in [4.78, 5) is 28.4. The van der Waals surface area contributed by atoms with Crippen molar-refractivity contribution in [3.05, 3.63) is 90.3 Å². The van der Waals surface area contributed by atoms with Crippen molar-refractivity contribution >= 4 is 17.8 Å². The molecule has 2 amide bonds. The molecular weight excluding hydrogens is 401 g/mol. The minimum Gasteiger partial charge on any atom is -0.350 e. The summed E-state index contributed by atoms with van der Waals surface area (Å²) in [6.07, 6.45) is 2.83. The quantitative estimate of drug-likeness (QED) is 0.478. The maximum atomic E-state index is 13.9. The molecule has 10 heteroatoms. The molecule has 2 heterocycles. The molecule has 9 nitrogen and oxygen atoms in total. The van der Waals surface area contributed by atoms with E-state index in [4.69, 9.17) is 0 Å². The van der Waals surface area contributed by atoms with Crippen molar-refractivity contribution in [2.75, 3.05) is 5.32 Å². The van der Waals surface area contributed by atoms with Gasteiger partial charge >= 0.3 is 0 Å². The monoisotopic (exact) mass is 419 g/mol. The Labute approximate surface area is 176 Å². The van der Waals surface area contributed by atoms with E-state index in [2.05, 4.69) is 25.8 Å². The second-order valence-corrected chi connectivity index (χ2v) is 6.58. The van der Waals surface area contributed by atoms with Crippen molar-refractivity contribution in [3.8, 4) is 5.69 Å². The van der Waals surface area contributed by atoms with Crippen LogP contribution in [0.1, 0.15) is 16.1 Å². The van der Waals surface area contributed by atoms with Crippen molar-refractivity contribution in [3.63, 3.8) is 0 Å². The number of nitrogens with zero attached hydrogens (tertiary/aromatic N) is 5. The predicted octanol–water partition coefficient (Wildman–Crippen LogP) is 2.17. The highest BCUT2D eigenvalue weighted by molar-refractivity contribution is 6.01. The Hall–Kier alpha value is -4.34. The summed E-state index contributed by atoms with van der Waals surface area (Å²) >= 11 is 0. The van der Waals surface area contributed by atoms with Gasteiger partial charge in [-0.05, 0) is 23.8 Å². The van der Waals surface area contributed by atoms with Gasteiger partial charge in [0.25, 0.3) is 5.91 Å². The van der Waals surface area contributed by atoms with E-state index in [1.54, 1.807) is 18.2 Å². The number of hydrogen-bond donors (Lipinski definition) is 2. The molecule has 4 rings (SSSR count). The maximum absolute atomic E-state index is 13.9. The molecule has 156 valence electrons. The Morgan fingerprint density at radius 2 is 1.74 bits per heavy atom. The number of hydrogen-bond acceptors (Lipinski definition) is 5. The molecule has 0 spiro atoms. The van der Waals surface area contributed by atoms with Crippen molar-refractivity contribution < 1.29 is 14.0 Å². The van der Waals surface area contributed by atoms with Gasteiger partial charge in [-0.3, -0.25) is 14.9 Å². The number of anilines is 1. The molecule has 2 N–H and O–H groups in total. The highest BCUT2D eigenvalue weighted by atomic mass is 19.1. The largest absolute Gasteiger partial charge is 0.350 e. The van der Waals surface area contributed by atoms with Crippen LogP contribution in [-0.2, 0) is 17.9 Å². The van der Waals surface area contributed by atoms with E-state index in [0.29, 0.717) is 6.54 Å². The molecule has 2 aromatic heterocycles. The fourth-order valence-corrected chi connectivity index (χ4v) is 2.81. The fourth-order valence-electron chi connectivity index (χ4n) is 2.81. The Balaban J connectivity index is 1.33. The van der Waals surface area contributed by atoms with Crippen molar-refractivity contribution in [2.24, 2.45) is 0 Å². The van der Waals surface area contributed by atoms with Gasteiger partial charge in [-0.2, -0.15) is 5.10 Å². The number of carbonyl (C=O) groups is 2. The van der Waals surface area contributed by atoms with E-state index in [0.717, 1.165) is 5.56 Å². The third kappa shape index (κ3) is 4.99. The number of amides is 2. The summed E-state index contributed by atoms with van der Waals surface area (Å²) in [5, 5.41) is 13.4. The van der Waals surface area contributed by atoms with E-state index < -0.39 is 11.7 Å². The number of rotatable bonds is 7. The minimum absolute atomic E-state index is 0.0290. The van der Waals surface area contributed by atoms with E-state index >= 15 is 0 Å². The van der Waals surface area contributed by atoms with Gasteiger partial charge in [0, 0.05) is 12.7 Å². The molecule has 31 heavy (non-hydrogen) atoms. The summed E-state index contributed by atoms with van der Waals surface area (Å²) in [6, 6.07) is 17.1. The second kappa shape index (κ2) is 8.99. The van der Waals surface area contributed by atoms with Crippen molar-refractivity contribution in [1.82, 2.24) is 29.9 Å². The van der Waals surface area contributed by atoms with Gasteiger partial charge in [-0.1, -0.05) is 42.5 Å². The molecule has 0 fully saturated rings. The third-order valence-electron chi connectivity index (χ3n) is 4.32. The molecule has 0 aliphatic carbocycles. The summed E-state index contributed by atoms with van der Waals surface area (Å²) in [7, 11) is 0. The Morgan fingerprint density at radius 1 is 0.968 bits per heavy atom. The smallest absolute Gasteiger partial charge is 0.278 e. The van der Waals surface area contributed by atoms with Gasteiger partial charge in [0.15, 0.2) is 5.69 Å². The van der Waals surface area contributed by atoms with Gasteiger partial charge in [-0.25, -0.2) is 18.7 Å². The molecule has 0 unspecified atom stereocenters. The van der Waals surface area contributed by atoms with Crippen LogP contribution in [0.25, 0.3) is 5.69 Å². The molecule has 2 aromatic carbocycles. The lowest BCUT2D eigenvalue weighted by molar-refractivity contribution is -0.122. The predicted molar refractivity (Wildman–Crippen MR) is 110 cm³/mol. The number of para-hydroxylation sites is 1. The summed E-state index contributed by atoms with van der Waals surface area (Å²) in [6.45, 7) is 0.361. The average Bonchev–Trinajstić information content (AvgIpc) is 3.43. The topological polar surface area (TPSA) is 107 Å². The van der Waals surface area contributed by atoms with Crippen molar-refractivity contribution in [1.29, 1.82) is 0 Å². The maximum Gasteiger partial charge on any atom is 0.278 e. The lowest BCUT2D eigenvalue weighted by Crippen LogP contribution is -2.27. The van der Waals surface area contributed by atoms with Crippen LogP contribution in [-0.4, -0.2) is 36.4 Å². The lowest BCUT2D eigenvalue weighted by atomic mass is 10.2. The van der Waals surface area contributed by atoms with Crippen LogP contribution in [0.3, 0.4) is 0 Å². The Kier molecular flexibility index (Phi) is 5.79. The van der Waals surface area contributed by atoms with E-state index in [-0.39, 0.29) is 29.8 Å². The van der Waals surface area contributed by atoms with Gasteiger partial charge in [0.1, 0.15) is 24.4 Å². The lowest BCUT2D eigenvalue weighted by Gasteiger charge is -2.05. The van der Waals surface area contributed by atoms with E-state index in [1.807, 2.05) is 30.3 Å². The number of aromatic nitrogens is 5. The van der Waals surface area contributed by atoms with E-state index in [9.17, 15) is 14.0 Å². The van der Waals surface area contributed by atoms with Crippen molar-refractivity contribution in [2.45, 2.75) is 13.1 Å². The van der Waals surface area contributed by atoms with Crippen LogP contribution in [0.15, 0.2) is 73.2 Å². The zero-order chi connectivity index (χ0) is 21.6. The molecule has 0 aliphatic rings. The average molecular weight is 419 g/mol. The first-order valence-electron chi connectivity index (χ1n) is 9.40. The number of carbonyl (C=O) groups excluding carboxylic acids is 2. The molecule has 0 aliphatic heterocycles. The van der Waals surface area contributed by atoms with Crippen LogP contribution in [0, 0.1) is 5.82 Å².